The van der Waals surface area contributed by atoms with Crippen molar-refractivity contribution in [1.82, 2.24) is 15.6 Å². The maximum atomic E-state index is 13.9. The molecule has 1 aliphatic heterocycles. The van der Waals surface area contributed by atoms with Gasteiger partial charge in [-0.15, -0.1) is 13.2 Å². The monoisotopic (exact) mass is 610 g/mol. The Labute approximate surface area is 241 Å². The van der Waals surface area contributed by atoms with Gasteiger partial charge >= 0.3 is 12.5 Å². The first-order valence-electron chi connectivity index (χ1n) is 13.2. The summed E-state index contributed by atoms with van der Waals surface area (Å²) >= 11 is 0. The number of amides is 1. The van der Waals surface area contributed by atoms with E-state index in [1.54, 1.807) is 0 Å². The van der Waals surface area contributed by atoms with Gasteiger partial charge < -0.3 is 20.1 Å². The van der Waals surface area contributed by atoms with Crippen molar-refractivity contribution in [2.45, 2.75) is 37.2 Å². The number of benzene rings is 1. The molecule has 1 saturated carbocycles. The molecular weight excluding hydrogens is 585 g/mol. The summed E-state index contributed by atoms with van der Waals surface area (Å²) < 4.78 is 104. The van der Waals surface area contributed by atoms with E-state index in [4.69, 9.17) is 10.1 Å². The maximum Gasteiger partial charge on any atom is 0.573 e. The molecule has 0 spiro atoms. The van der Waals surface area contributed by atoms with E-state index in [0.717, 1.165) is 31.1 Å². The fourth-order valence-corrected chi connectivity index (χ4v) is 5.06. The van der Waals surface area contributed by atoms with E-state index in [1.807, 2.05) is 0 Å². The summed E-state index contributed by atoms with van der Waals surface area (Å²) in [5.41, 5.74) is -0.212. The average Bonchev–Trinajstić information content (AvgIpc) is 3.66. The predicted molar refractivity (Wildman–Crippen MR) is 141 cm³/mol. The number of carbonyl (C=O) groups excluding carboxylic acids is 1. The minimum atomic E-state index is -5.10. The van der Waals surface area contributed by atoms with Crippen molar-refractivity contribution in [3.05, 3.63) is 82.7 Å². The van der Waals surface area contributed by atoms with Crippen molar-refractivity contribution in [2.75, 3.05) is 20.2 Å². The van der Waals surface area contributed by atoms with Gasteiger partial charge in [0.05, 0.1) is 0 Å². The van der Waals surface area contributed by atoms with Gasteiger partial charge in [-0.2, -0.15) is 13.2 Å². The Bertz CT molecular complexity index is 1520. The molecule has 3 N–H and O–H groups in total. The van der Waals surface area contributed by atoms with Crippen LogP contribution in [-0.2, 0) is 9.53 Å². The molecule has 1 aromatic heterocycles. The standard InChI is InChI=1S/C29H25F7N4O3/c1-38-11-17-8-16(9-23(24(17)37)43-29(34,35)36)27(41)39-12-20(14-2-3-14)22-10-19-21(28(31,32)33)13-42-26(19)25(40-22)15-4-6-18(30)7-5-15/h4-11,14,20-21,37-38H,2-3,12-13H2,1H3,(H,39,41)/b17-11-,37-24?/t20-,21?/m0/s1. The number of aromatic nitrogens is 1. The third kappa shape index (κ3) is 6.67. The van der Waals surface area contributed by atoms with Gasteiger partial charge in [0.25, 0.3) is 5.91 Å². The van der Waals surface area contributed by atoms with E-state index in [2.05, 4.69) is 20.4 Å². The van der Waals surface area contributed by atoms with Crippen LogP contribution in [0.5, 0.6) is 5.75 Å². The lowest BCUT2D eigenvalue weighted by atomic mass is 9.92. The average molecular weight is 611 g/mol. The Kier molecular flexibility index (Phi) is 7.97. The normalized spacial score (nSPS) is 20.1. The van der Waals surface area contributed by atoms with Crippen LogP contribution in [0.1, 0.15) is 35.9 Å². The highest BCUT2D eigenvalue weighted by Gasteiger charge is 2.48. The first-order chi connectivity index (χ1) is 20.2. The Morgan fingerprint density at radius 3 is 2.47 bits per heavy atom. The molecular formula is C29H25F7N4O3. The topological polar surface area (TPSA) is 96.3 Å². The molecule has 0 saturated heterocycles. The second-order valence-electron chi connectivity index (χ2n) is 10.3. The highest BCUT2D eigenvalue weighted by atomic mass is 19.4. The molecule has 2 atom stereocenters. The second kappa shape index (κ2) is 11.4. The van der Waals surface area contributed by atoms with Crippen molar-refractivity contribution >= 4 is 11.6 Å². The van der Waals surface area contributed by atoms with Gasteiger partial charge in [-0.1, -0.05) is 0 Å². The maximum absolute atomic E-state index is 13.9. The minimum Gasteiger partial charge on any atom is -0.490 e. The van der Waals surface area contributed by atoms with Gasteiger partial charge in [0.2, 0.25) is 0 Å². The van der Waals surface area contributed by atoms with Crippen LogP contribution >= 0.6 is 0 Å². The molecule has 3 aliphatic rings. The van der Waals surface area contributed by atoms with Gasteiger partial charge in [0, 0.05) is 53.7 Å². The number of carbonyl (C=O) groups is 1. The number of pyridine rings is 1. The lowest BCUT2D eigenvalue weighted by molar-refractivity contribution is -0.302. The van der Waals surface area contributed by atoms with Crippen LogP contribution in [0.25, 0.3) is 11.3 Å². The number of alkyl halides is 6. The molecule has 1 amide bonds. The zero-order valence-electron chi connectivity index (χ0n) is 22.5. The smallest absolute Gasteiger partial charge is 0.490 e. The number of halogens is 7. The van der Waals surface area contributed by atoms with Crippen LogP contribution in [0.3, 0.4) is 0 Å². The third-order valence-corrected chi connectivity index (χ3v) is 7.28. The van der Waals surface area contributed by atoms with Gasteiger partial charge in [0.15, 0.2) is 5.76 Å². The number of nitrogens with zero attached hydrogens (tertiary/aromatic N) is 1. The Morgan fingerprint density at radius 2 is 1.86 bits per heavy atom. The van der Waals surface area contributed by atoms with Crippen molar-refractivity contribution in [3.63, 3.8) is 0 Å². The zero-order chi connectivity index (χ0) is 31.1. The van der Waals surface area contributed by atoms with Gasteiger partial charge in [-0.05, 0) is 61.2 Å². The molecule has 1 aromatic carbocycles. The fourth-order valence-electron chi connectivity index (χ4n) is 5.06. The second-order valence-corrected chi connectivity index (χ2v) is 10.3. The van der Waals surface area contributed by atoms with Gasteiger partial charge in [-0.25, -0.2) is 9.37 Å². The molecule has 228 valence electrons. The summed E-state index contributed by atoms with van der Waals surface area (Å²) in [5, 5.41) is 13.2. The Balaban J connectivity index is 1.46. The number of allylic oxidation sites excluding steroid dienone is 2. The number of fused-ring (bicyclic) bond motifs is 1. The summed E-state index contributed by atoms with van der Waals surface area (Å²) in [7, 11) is 1.47. The van der Waals surface area contributed by atoms with Crippen LogP contribution in [-0.4, -0.2) is 49.3 Å². The number of hydrogen-bond donors (Lipinski definition) is 3. The van der Waals surface area contributed by atoms with E-state index in [9.17, 15) is 35.5 Å². The van der Waals surface area contributed by atoms with E-state index in [-0.39, 0.29) is 46.3 Å². The van der Waals surface area contributed by atoms with Crippen LogP contribution in [0.15, 0.2) is 65.6 Å². The predicted octanol–water partition coefficient (Wildman–Crippen LogP) is 6.02. The van der Waals surface area contributed by atoms with Crippen molar-refractivity contribution < 1.29 is 45.0 Å². The quantitative estimate of drug-likeness (QED) is 0.318. The summed E-state index contributed by atoms with van der Waals surface area (Å²) in [5.74, 6) is -4.70. The van der Waals surface area contributed by atoms with Crippen molar-refractivity contribution in [2.24, 2.45) is 5.92 Å². The molecule has 0 bridgehead atoms. The molecule has 2 aromatic rings. The van der Waals surface area contributed by atoms with E-state index >= 15 is 0 Å². The highest BCUT2D eigenvalue weighted by Crippen LogP contribution is 2.50. The van der Waals surface area contributed by atoms with E-state index in [1.165, 1.54) is 37.5 Å². The Morgan fingerprint density at radius 1 is 1.16 bits per heavy atom. The van der Waals surface area contributed by atoms with Gasteiger partial charge in [0.1, 0.15) is 35.5 Å². The largest absolute Gasteiger partial charge is 0.573 e. The lowest BCUT2D eigenvalue weighted by Gasteiger charge is -2.22. The summed E-state index contributed by atoms with van der Waals surface area (Å²) in [6.45, 7) is -0.720. The molecule has 5 rings (SSSR count). The molecule has 2 aliphatic carbocycles. The molecule has 2 heterocycles. The fraction of sp³-hybridized carbons (Fsp3) is 0.345. The highest BCUT2D eigenvalue weighted by molar-refractivity contribution is 6.15. The number of ether oxygens (including phenoxy) is 2. The van der Waals surface area contributed by atoms with Gasteiger partial charge in [-0.3, -0.25) is 10.2 Å². The first kappa shape index (κ1) is 30.1. The number of nitrogens with one attached hydrogen (secondary N) is 3. The summed E-state index contributed by atoms with van der Waals surface area (Å²) in [6, 6.07) is 6.41. The van der Waals surface area contributed by atoms with Crippen LogP contribution in [0.4, 0.5) is 30.7 Å². The molecule has 0 radical (unpaired) electrons. The minimum absolute atomic E-state index is 0.0218. The Hall–Kier alpha value is -4.36. The number of rotatable bonds is 8. The van der Waals surface area contributed by atoms with Crippen molar-refractivity contribution in [3.8, 4) is 17.0 Å². The summed E-state index contributed by atoms with van der Waals surface area (Å²) in [4.78, 5) is 17.8. The van der Waals surface area contributed by atoms with Crippen LogP contribution in [0, 0.1) is 17.1 Å². The molecule has 1 unspecified atom stereocenters. The van der Waals surface area contributed by atoms with Crippen LogP contribution < -0.4 is 15.4 Å². The lowest BCUT2D eigenvalue weighted by Crippen LogP contribution is -2.32. The third-order valence-electron chi connectivity index (χ3n) is 7.28. The SMILES string of the molecule is CN/C=C1/C=C(C(=O)NC[C@H](c2cc3c(c(-c4ccc(F)cc4)n2)OCC3C(F)(F)F)C2CC2)C=C(OC(F)(F)F)C1=N. The van der Waals surface area contributed by atoms with Crippen LogP contribution in [0.2, 0.25) is 0 Å². The zero-order valence-corrected chi connectivity index (χ0v) is 22.5. The van der Waals surface area contributed by atoms with E-state index < -0.39 is 54.2 Å². The molecule has 43 heavy (non-hydrogen) atoms. The number of hydrogen-bond acceptors (Lipinski definition) is 6. The molecule has 14 heteroatoms. The summed E-state index contributed by atoms with van der Waals surface area (Å²) in [6.07, 6.45) is -5.00. The first-order valence-corrected chi connectivity index (χ1v) is 13.2. The molecule has 7 nitrogen and oxygen atoms in total. The molecule has 1 fully saturated rings. The van der Waals surface area contributed by atoms with E-state index in [0.29, 0.717) is 5.56 Å². The van der Waals surface area contributed by atoms with Crippen molar-refractivity contribution in [1.29, 1.82) is 5.41 Å².